The molecule has 0 heterocycles. The Morgan fingerprint density at radius 2 is 1.91 bits per heavy atom. The number of nitrogens with zero attached hydrogens (tertiary/aromatic N) is 1. The van der Waals surface area contributed by atoms with Gasteiger partial charge in [-0.3, -0.25) is 19.6 Å². The van der Waals surface area contributed by atoms with Crippen molar-refractivity contribution in [2.75, 3.05) is 4.72 Å². The van der Waals surface area contributed by atoms with Gasteiger partial charge in [0.05, 0.1) is 15.5 Å². The summed E-state index contributed by atoms with van der Waals surface area (Å²) < 4.78 is 26.9. The maximum atomic E-state index is 12.3. The number of phenolic OH excluding ortho intramolecular Hbond substituents is 1. The fourth-order valence-electron chi connectivity index (χ4n) is 1.88. The summed E-state index contributed by atoms with van der Waals surface area (Å²) in [7, 11) is -4.13. The van der Waals surface area contributed by atoms with Gasteiger partial charge in [-0.2, -0.15) is 0 Å². The zero-order chi connectivity index (χ0) is 17.2. The average Bonchev–Trinajstić information content (AvgIpc) is 2.48. The van der Waals surface area contributed by atoms with Gasteiger partial charge in [0.2, 0.25) is 0 Å². The molecule has 0 spiro atoms. The van der Waals surface area contributed by atoms with Crippen LogP contribution in [0.3, 0.4) is 0 Å². The van der Waals surface area contributed by atoms with Gasteiger partial charge in [-0.05, 0) is 31.2 Å². The summed E-state index contributed by atoms with van der Waals surface area (Å²) >= 11 is 0. The normalized spacial score (nSPS) is 11.0. The van der Waals surface area contributed by atoms with Crippen molar-refractivity contribution in [1.82, 2.24) is 0 Å². The van der Waals surface area contributed by atoms with Crippen LogP contribution in [-0.2, 0) is 10.0 Å². The Bertz CT molecular complexity index is 892. The van der Waals surface area contributed by atoms with E-state index in [1.54, 1.807) is 0 Å². The zero-order valence-electron chi connectivity index (χ0n) is 11.9. The number of non-ortho nitro benzene ring substituents is 1. The van der Waals surface area contributed by atoms with Gasteiger partial charge in [0, 0.05) is 17.7 Å². The number of nitrogens with one attached hydrogen (secondary N) is 1. The molecule has 120 valence electrons. The molecule has 0 aliphatic rings. The van der Waals surface area contributed by atoms with Gasteiger partial charge in [-0.1, -0.05) is 6.07 Å². The predicted octanol–water partition coefficient (Wildman–Crippen LogP) is 2.30. The van der Waals surface area contributed by atoms with E-state index in [1.807, 2.05) is 0 Å². The SMILES string of the molecule is CC(=O)c1cc(O)ccc1NS(=O)(=O)c1cccc([N+](=O)[O-])c1. The molecule has 2 N–H and O–H groups in total. The van der Waals surface area contributed by atoms with Crippen LogP contribution in [0, 0.1) is 10.1 Å². The van der Waals surface area contributed by atoms with Crippen molar-refractivity contribution in [3.8, 4) is 5.75 Å². The molecule has 0 aromatic heterocycles. The third-order valence-corrected chi connectivity index (χ3v) is 4.33. The van der Waals surface area contributed by atoms with Crippen molar-refractivity contribution in [3.05, 3.63) is 58.1 Å². The third kappa shape index (κ3) is 3.64. The minimum Gasteiger partial charge on any atom is -0.508 e. The van der Waals surface area contributed by atoms with Crippen molar-refractivity contribution >= 4 is 27.2 Å². The molecule has 0 aliphatic heterocycles. The molecule has 2 aromatic rings. The van der Waals surface area contributed by atoms with Crippen molar-refractivity contribution in [2.24, 2.45) is 0 Å². The number of anilines is 1. The smallest absolute Gasteiger partial charge is 0.270 e. The van der Waals surface area contributed by atoms with Gasteiger partial charge in [-0.25, -0.2) is 8.42 Å². The van der Waals surface area contributed by atoms with E-state index in [0.29, 0.717) is 0 Å². The summed E-state index contributed by atoms with van der Waals surface area (Å²) in [6.45, 7) is 1.22. The Morgan fingerprint density at radius 3 is 2.52 bits per heavy atom. The van der Waals surface area contributed by atoms with Crippen molar-refractivity contribution < 1.29 is 23.2 Å². The van der Waals surface area contributed by atoms with Gasteiger partial charge in [0.1, 0.15) is 5.75 Å². The first-order chi connectivity index (χ1) is 10.7. The lowest BCUT2D eigenvalue weighted by Gasteiger charge is -2.11. The number of ketones is 1. The minimum absolute atomic E-state index is 0.0148. The molecular weight excluding hydrogens is 324 g/mol. The van der Waals surface area contributed by atoms with Crippen LogP contribution in [0.1, 0.15) is 17.3 Å². The number of hydrogen-bond acceptors (Lipinski definition) is 6. The highest BCUT2D eigenvalue weighted by Gasteiger charge is 2.20. The number of nitro groups is 1. The number of benzene rings is 2. The molecule has 0 bridgehead atoms. The summed E-state index contributed by atoms with van der Waals surface area (Å²) in [6.07, 6.45) is 0. The van der Waals surface area contributed by atoms with E-state index in [9.17, 15) is 28.4 Å². The number of nitro benzene ring substituents is 1. The molecule has 0 amide bonds. The quantitative estimate of drug-likeness (QED) is 0.373. The third-order valence-electron chi connectivity index (χ3n) is 2.97. The highest BCUT2D eigenvalue weighted by Crippen LogP contribution is 2.25. The molecule has 23 heavy (non-hydrogen) atoms. The lowest BCUT2D eigenvalue weighted by atomic mass is 10.1. The van der Waals surface area contributed by atoms with Crippen molar-refractivity contribution in [2.45, 2.75) is 11.8 Å². The van der Waals surface area contributed by atoms with Crippen LogP contribution in [0.2, 0.25) is 0 Å². The van der Waals surface area contributed by atoms with Gasteiger partial charge >= 0.3 is 0 Å². The first-order valence-corrected chi connectivity index (χ1v) is 7.80. The van der Waals surface area contributed by atoms with Crippen LogP contribution in [0.4, 0.5) is 11.4 Å². The molecule has 0 atom stereocenters. The molecule has 0 unspecified atom stereocenters. The van der Waals surface area contributed by atoms with Crippen LogP contribution >= 0.6 is 0 Å². The van der Waals surface area contributed by atoms with E-state index in [0.717, 1.165) is 12.1 Å². The summed E-state index contributed by atoms with van der Waals surface area (Å²) in [4.78, 5) is 21.3. The fourth-order valence-corrected chi connectivity index (χ4v) is 3.00. The van der Waals surface area contributed by atoms with Crippen LogP contribution in [0.5, 0.6) is 5.75 Å². The van der Waals surface area contributed by atoms with Crippen LogP contribution in [-0.4, -0.2) is 24.2 Å². The second kappa shape index (κ2) is 6.05. The number of rotatable bonds is 5. The number of carbonyl (C=O) groups excluding carboxylic acids is 1. The molecule has 2 aromatic carbocycles. The topological polar surface area (TPSA) is 127 Å². The van der Waals surface area contributed by atoms with Crippen molar-refractivity contribution in [3.63, 3.8) is 0 Å². The molecule has 0 fully saturated rings. The van der Waals surface area contributed by atoms with Gasteiger partial charge < -0.3 is 5.11 Å². The van der Waals surface area contributed by atoms with Crippen LogP contribution < -0.4 is 4.72 Å². The number of Topliss-reactive ketones (excluding diaryl/α,β-unsaturated/α-hetero) is 1. The maximum Gasteiger partial charge on any atom is 0.270 e. The predicted molar refractivity (Wildman–Crippen MR) is 82.0 cm³/mol. The fraction of sp³-hybridized carbons (Fsp3) is 0.0714. The molecule has 0 saturated carbocycles. The molecule has 2 rings (SSSR count). The molecular formula is C14H12N2O6S. The number of carbonyl (C=O) groups is 1. The minimum atomic E-state index is -4.13. The van der Waals surface area contributed by atoms with E-state index in [-0.39, 0.29) is 27.6 Å². The molecule has 9 heteroatoms. The second-order valence-electron chi connectivity index (χ2n) is 4.65. The summed E-state index contributed by atoms with van der Waals surface area (Å²) in [5, 5.41) is 20.1. The number of phenols is 1. The standard InChI is InChI=1S/C14H12N2O6S/c1-9(17)13-8-11(18)5-6-14(13)15-23(21,22)12-4-2-3-10(7-12)16(19)20/h2-8,15,18H,1H3. The van der Waals surface area contributed by atoms with Gasteiger partial charge in [-0.15, -0.1) is 0 Å². The first kappa shape index (κ1) is 16.4. The summed E-state index contributed by atoms with van der Waals surface area (Å²) in [6, 6.07) is 8.11. The van der Waals surface area contributed by atoms with Crippen molar-refractivity contribution in [1.29, 1.82) is 0 Å². The average molecular weight is 336 g/mol. The Morgan fingerprint density at radius 1 is 1.22 bits per heavy atom. The zero-order valence-corrected chi connectivity index (χ0v) is 12.7. The number of hydrogen-bond donors (Lipinski definition) is 2. The lowest BCUT2D eigenvalue weighted by molar-refractivity contribution is -0.385. The van der Waals surface area contributed by atoms with E-state index >= 15 is 0 Å². The molecule has 0 aliphatic carbocycles. The van der Waals surface area contributed by atoms with E-state index < -0.39 is 20.7 Å². The van der Waals surface area contributed by atoms with Gasteiger partial charge in [0.25, 0.3) is 15.7 Å². The van der Waals surface area contributed by atoms with Crippen LogP contribution in [0.15, 0.2) is 47.4 Å². The number of sulfonamides is 1. The Kier molecular flexibility index (Phi) is 4.32. The van der Waals surface area contributed by atoms with E-state index in [4.69, 9.17) is 0 Å². The molecule has 0 saturated heterocycles. The number of aromatic hydroxyl groups is 1. The lowest BCUT2D eigenvalue weighted by Crippen LogP contribution is -2.15. The Hall–Kier alpha value is -2.94. The Labute approximate surface area is 131 Å². The molecule has 0 radical (unpaired) electrons. The van der Waals surface area contributed by atoms with Gasteiger partial charge in [0.15, 0.2) is 5.78 Å². The second-order valence-corrected chi connectivity index (χ2v) is 6.33. The summed E-state index contributed by atoms with van der Waals surface area (Å²) in [5.74, 6) is -0.633. The Balaban J connectivity index is 2.45. The molecule has 8 nitrogen and oxygen atoms in total. The highest BCUT2D eigenvalue weighted by molar-refractivity contribution is 7.92. The van der Waals surface area contributed by atoms with Crippen LogP contribution in [0.25, 0.3) is 0 Å². The van der Waals surface area contributed by atoms with E-state index in [2.05, 4.69) is 4.72 Å². The largest absolute Gasteiger partial charge is 0.508 e. The van der Waals surface area contributed by atoms with E-state index in [1.165, 1.54) is 37.3 Å². The first-order valence-electron chi connectivity index (χ1n) is 6.32. The highest BCUT2D eigenvalue weighted by atomic mass is 32.2. The maximum absolute atomic E-state index is 12.3. The summed E-state index contributed by atoms with van der Waals surface area (Å²) in [5.41, 5.74) is -0.411. The monoisotopic (exact) mass is 336 g/mol.